The molecule has 4 nitrogen and oxygen atoms in total. The molecule has 0 aliphatic carbocycles. The van der Waals surface area contributed by atoms with Crippen molar-refractivity contribution >= 4 is 61.2 Å². The lowest BCUT2D eigenvalue weighted by molar-refractivity contribution is -0.134. The van der Waals surface area contributed by atoms with Gasteiger partial charge in [0.2, 0.25) is 3.72 Å². The molecule has 0 aliphatic heterocycles. The van der Waals surface area contributed by atoms with Gasteiger partial charge in [-0.2, -0.15) is 5.10 Å². The summed E-state index contributed by atoms with van der Waals surface area (Å²) in [6.07, 6.45) is 0. The predicted octanol–water partition coefficient (Wildman–Crippen LogP) is 3.72. The molecule has 0 bridgehead atoms. The number of carbonyl (C=O) groups is 1. The first kappa shape index (κ1) is 14.5. The molecular weight excluding hydrogens is 378 g/mol. The topological polar surface area (TPSA) is 50.7 Å². The van der Waals surface area contributed by atoms with Crippen molar-refractivity contribution in [2.24, 2.45) is 5.10 Å². The highest BCUT2D eigenvalue weighted by Crippen LogP contribution is 2.25. The number of carbonyl (C=O) groups excluding carboxylic acids is 1. The third kappa shape index (κ3) is 4.69. The molecule has 92 valence electrons. The van der Waals surface area contributed by atoms with E-state index < -0.39 is 5.97 Å². The van der Waals surface area contributed by atoms with Gasteiger partial charge in [-0.3, -0.25) is 5.43 Å². The van der Waals surface area contributed by atoms with Crippen molar-refractivity contribution in [3.05, 3.63) is 28.2 Å². The second kappa shape index (κ2) is 7.03. The highest BCUT2D eigenvalue weighted by atomic mass is 127. The van der Waals surface area contributed by atoms with E-state index in [-0.39, 0.29) is 3.72 Å². The number of hydrogen-bond acceptors (Lipinski definition) is 4. The maximum Gasteiger partial charge on any atom is 0.365 e. The summed E-state index contributed by atoms with van der Waals surface area (Å²) in [4.78, 5) is 11.2. The highest BCUT2D eigenvalue weighted by molar-refractivity contribution is 14.1. The standard InChI is InChI=1S/C10H9Cl2IN2O2/c1-2-17-10(16)9(13)15-14-8-4-3-6(11)5-7(8)12/h3-5,14H,2H2,1H3/b15-9+. The highest BCUT2D eigenvalue weighted by Gasteiger charge is 2.08. The molecule has 0 radical (unpaired) electrons. The quantitative estimate of drug-likeness (QED) is 0.371. The van der Waals surface area contributed by atoms with Crippen molar-refractivity contribution in [1.82, 2.24) is 0 Å². The second-order valence-corrected chi connectivity index (χ2v) is 4.72. The summed E-state index contributed by atoms with van der Waals surface area (Å²) < 4.78 is 4.96. The van der Waals surface area contributed by atoms with E-state index in [4.69, 9.17) is 27.9 Å². The monoisotopic (exact) mass is 386 g/mol. The second-order valence-electron chi connectivity index (χ2n) is 2.86. The zero-order chi connectivity index (χ0) is 12.8. The molecule has 7 heteroatoms. The third-order valence-corrected chi connectivity index (χ3v) is 2.88. The Morgan fingerprint density at radius 3 is 2.82 bits per heavy atom. The van der Waals surface area contributed by atoms with E-state index >= 15 is 0 Å². The van der Waals surface area contributed by atoms with Crippen molar-refractivity contribution in [2.75, 3.05) is 12.0 Å². The summed E-state index contributed by atoms with van der Waals surface area (Å²) in [5.41, 5.74) is 3.23. The van der Waals surface area contributed by atoms with Gasteiger partial charge < -0.3 is 4.74 Å². The van der Waals surface area contributed by atoms with E-state index in [9.17, 15) is 4.79 Å². The molecule has 0 heterocycles. The van der Waals surface area contributed by atoms with Crippen molar-refractivity contribution in [3.8, 4) is 0 Å². The molecule has 0 spiro atoms. The number of hydrogen-bond donors (Lipinski definition) is 1. The number of esters is 1. The van der Waals surface area contributed by atoms with E-state index in [0.717, 1.165) is 0 Å². The molecule has 0 aromatic heterocycles. The first-order valence-electron chi connectivity index (χ1n) is 4.66. The number of ether oxygens (including phenoxy) is 1. The molecule has 0 amide bonds. The fraction of sp³-hybridized carbons (Fsp3) is 0.200. The zero-order valence-corrected chi connectivity index (χ0v) is 12.5. The van der Waals surface area contributed by atoms with Gasteiger partial charge in [-0.25, -0.2) is 4.79 Å². The van der Waals surface area contributed by atoms with Crippen molar-refractivity contribution in [1.29, 1.82) is 0 Å². The normalized spacial score (nSPS) is 11.2. The molecule has 1 rings (SSSR count). The number of nitrogens with one attached hydrogen (secondary N) is 1. The molecule has 17 heavy (non-hydrogen) atoms. The Balaban J connectivity index is 2.72. The SMILES string of the molecule is CCOC(=O)/C(I)=N\Nc1ccc(Cl)cc1Cl. The zero-order valence-electron chi connectivity index (χ0n) is 8.84. The van der Waals surface area contributed by atoms with E-state index in [2.05, 4.69) is 10.5 Å². The van der Waals surface area contributed by atoms with Gasteiger partial charge in [0.25, 0.3) is 0 Å². The van der Waals surface area contributed by atoms with E-state index in [0.29, 0.717) is 22.3 Å². The minimum Gasteiger partial charge on any atom is -0.461 e. The predicted molar refractivity (Wildman–Crippen MR) is 78.2 cm³/mol. The Morgan fingerprint density at radius 1 is 1.53 bits per heavy atom. The average Bonchev–Trinajstić information content (AvgIpc) is 2.27. The molecular formula is C10H9Cl2IN2O2. The number of anilines is 1. The van der Waals surface area contributed by atoms with Gasteiger partial charge >= 0.3 is 5.97 Å². The molecule has 0 saturated carbocycles. The Kier molecular flexibility index (Phi) is 6.01. The van der Waals surface area contributed by atoms with Gasteiger partial charge in [0.05, 0.1) is 17.3 Å². The average molecular weight is 387 g/mol. The van der Waals surface area contributed by atoms with E-state index in [1.165, 1.54) is 0 Å². The number of hydrazone groups is 1. The lowest BCUT2D eigenvalue weighted by Crippen LogP contribution is -2.12. The fourth-order valence-corrected chi connectivity index (χ4v) is 1.65. The first-order chi connectivity index (χ1) is 8.04. The Labute approximate surface area is 122 Å². The summed E-state index contributed by atoms with van der Waals surface area (Å²) >= 11 is 13.4. The smallest absolute Gasteiger partial charge is 0.365 e. The van der Waals surface area contributed by atoms with Crippen LogP contribution in [0, 0.1) is 0 Å². The van der Waals surface area contributed by atoms with Crippen LogP contribution in [0.5, 0.6) is 0 Å². The first-order valence-corrected chi connectivity index (χ1v) is 6.49. The van der Waals surface area contributed by atoms with Gasteiger partial charge in [0.1, 0.15) is 0 Å². The van der Waals surface area contributed by atoms with Gasteiger partial charge in [-0.15, -0.1) is 0 Å². The number of halogens is 3. The molecule has 0 fully saturated rings. The van der Waals surface area contributed by atoms with Crippen LogP contribution in [0.15, 0.2) is 23.3 Å². The van der Waals surface area contributed by atoms with Crippen LogP contribution in [0.3, 0.4) is 0 Å². The molecule has 0 atom stereocenters. The van der Waals surface area contributed by atoms with Crippen LogP contribution in [-0.4, -0.2) is 16.3 Å². The molecule has 1 aromatic carbocycles. The Morgan fingerprint density at radius 2 is 2.24 bits per heavy atom. The molecule has 0 aliphatic rings. The minimum absolute atomic E-state index is 0.190. The number of benzene rings is 1. The summed E-state index contributed by atoms with van der Waals surface area (Å²) in [7, 11) is 0. The van der Waals surface area contributed by atoms with Crippen LogP contribution in [-0.2, 0) is 9.53 Å². The van der Waals surface area contributed by atoms with Crippen LogP contribution in [0.25, 0.3) is 0 Å². The van der Waals surface area contributed by atoms with Crippen LogP contribution < -0.4 is 5.43 Å². The molecule has 0 saturated heterocycles. The summed E-state index contributed by atoms with van der Waals surface area (Å²) in [5, 5.41) is 4.81. The Hall–Kier alpha value is -0.530. The van der Waals surface area contributed by atoms with Crippen molar-refractivity contribution < 1.29 is 9.53 Å². The lowest BCUT2D eigenvalue weighted by atomic mass is 10.3. The van der Waals surface area contributed by atoms with Crippen LogP contribution in [0.2, 0.25) is 10.0 Å². The molecule has 0 unspecified atom stereocenters. The van der Waals surface area contributed by atoms with Crippen LogP contribution in [0.1, 0.15) is 6.92 Å². The van der Waals surface area contributed by atoms with Gasteiger partial charge in [-0.05, 0) is 47.7 Å². The van der Waals surface area contributed by atoms with E-state index in [1.54, 1.807) is 47.7 Å². The number of nitrogens with zero attached hydrogens (tertiary/aromatic N) is 1. The summed E-state index contributed by atoms with van der Waals surface area (Å²) in [6.45, 7) is 2.04. The van der Waals surface area contributed by atoms with Crippen LogP contribution in [0.4, 0.5) is 5.69 Å². The van der Waals surface area contributed by atoms with Crippen molar-refractivity contribution in [2.45, 2.75) is 6.92 Å². The largest absolute Gasteiger partial charge is 0.461 e. The fourth-order valence-electron chi connectivity index (χ4n) is 0.926. The van der Waals surface area contributed by atoms with Gasteiger partial charge in [0, 0.05) is 5.02 Å². The lowest BCUT2D eigenvalue weighted by Gasteiger charge is -2.04. The van der Waals surface area contributed by atoms with Gasteiger partial charge in [0.15, 0.2) is 0 Å². The maximum absolute atomic E-state index is 11.2. The maximum atomic E-state index is 11.2. The minimum atomic E-state index is -0.481. The molecule has 1 N–H and O–H groups in total. The van der Waals surface area contributed by atoms with Crippen LogP contribution >= 0.6 is 45.8 Å². The van der Waals surface area contributed by atoms with Crippen molar-refractivity contribution in [3.63, 3.8) is 0 Å². The summed E-state index contributed by atoms with van der Waals surface area (Å²) in [6, 6.07) is 4.92. The number of rotatable bonds is 4. The van der Waals surface area contributed by atoms with E-state index in [1.807, 2.05) is 0 Å². The van der Waals surface area contributed by atoms with Gasteiger partial charge in [-0.1, -0.05) is 23.2 Å². The summed E-state index contributed by atoms with van der Waals surface area (Å²) in [5.74, 6) is -0.481. The third-order valence-electron chi connectivity index (χ3n) is 1.65. The molecule has 1 aromatic rings. The Bertz CT molecular complexity index is 452.